The van der Waals surface area contributed by atoms with Crippen molar-refractivity contribution in [3.05, 3.63) is 11.5 Å². The fourth-order valence-corrected chi connectivity index (χ4v) is 2.06. The molecule has 1 aliphatic heterocycles. The van der Waals surface area contributed by atoms with Gasteiger partial charge >= 0.3 is 0 Å². The van der Waals surface area contributed by atoms with Gasteiger partial charge in [0.1, 0.15) is 5.69 Å². The van der Waals surface area contributed by atoms with Gasteiger partial charge in [-0.3, -0.25) is 4.68 Å². The van der Waals surface area contributed by atoms with E-state index in [1.54, 1.807) is 7.05 Å². The van der Waals surface area contributed by atoms with Crippen LogP contribution in [0.5, 0.6) is 0 Å². The second kappa shape index (κ2) is 3.81. The van der Waals surface area contributed by atoms with Crippen LogP contribution in [0.1, 0.15) is 25.0 Å². The Labute approximate surface area is 88.2 Å². The number of hydrogen-bond donors (Lipinski definition) is 1. The first-order valence-electron chi connectivity index (χ1n) is 5.17. The summed E-state index contributed by atoms with van der Waals surface area (Å²) >= 11 is 0. The van der Waals surface area contributed by atoms with Gasteiger partial charge in [-0.05, 0) is 12.3 Å². The lowest BCUT2D eigenvalue weighted by Gasteiger charge is -2.27. The van der Waals surface area contributed by atoms with E-state index < -0.39 is 0 Å². The molecule has 2 heterocycles. The van der Waals surface area contributed by atoms with Gasteiger partial charge in [-0.1, -0.05) is 6.92 Å². The van der Waals surface area contributed by atoms with Gasteiger partial charge in [0.05, 0.1) is 0 Å². The van der Waals surface area contributed by atoms with Crippen LogP contribution in [0.4, 0.5) is 10.2 Å². The van der Waals surface area contributed by atoms with Crippen molar-refractivity contribution in [2.24, 2.45) is 13.0 Å². The molecule has 1 fully saturated rings. The van der Waals surface area contributed by atoms with E-state index in [1.807, 2.05) is 6.92 Å². The molecule has 84 valence electrons. The summed E-state index contributed by atoms with van der Waals surface area (Å²) in [4.78, 5) is 0. The Hall–Kier alpha value is -1.10. The van der Waals surface area contributed by atoms with Crippen LogP contribution >= 0.6 is 0 Å². The molecule has 0 bridgehead atoms. The van der Waals surface area contributed by atoms with Crippen LogP contribution in [-0.2, 0) is 11.8 Å². The summed E-state index contributed by atoms with van der Waals surface area (Å²) in [5.74, 6) is 0.171. The number of aryl methyl sites for hydroxylation is 1. The van der Waals surface area contributed by atoms with Gasteiger partial charge in [0.25, 0.3) is 0 Å². The largest absolute Gasteiger partial charge is 0.381 e. The molecular formula is C10H16FN3O. The summed E-state index contributed by atoms with van der Waals surface area (Å²) < 4.78 is 20.4. The van der Waals surface area contributed by atoms with Crippen molar-refractivity contribution in [3.8, 4) is 0 Å². The van der Waals surface area contributed by atoms with Crippen LogP contribution in [0.25, 0.3) is 0 Å². The first-order chi connectivity index (χ1) is 7.11. The highest BCUT2D eigenvalue weighted by Crippen LogP contribution is 2.33. The van der Waals surface area contributed by atoms with Crippen molar-refractivity contribution in [2.75, 3.05) is 18.9 Å². The van der Waals surface area contributed by atoms with E-state index in [-0.39, 0.29) is 17.6 Å². The lowest BCUT2D eigenvalue weighted by Crippen LogP contribution is -2.24. The standard InChI is InChI=1S/C10H16FN3O/c1-6-5-15-4-3-7(6)9-8(11)10(12)14(2)13-9/h6-7H,3-5,12H2,1-2H3. The molecule has 1 aliphatic rings. The Morgan fingerprint density at radius 2 is 2.33 bits per heavy atom. The van der Waals surface area contributed by atoms with Crippen molar-refractivity contribution in [1.29, 1.82) is 0 Å². The molecule has 0 amide bonds. The summed E-state index contributed by atoms with van der Waals surface area (Å²) in [6.45, 7) is 3.39. The highest BCUT2D eigenvalue weighted by Gasteiger charge is 2.29. The minimum absolute atomic E-state index is 0.115. The predicted octanol–water partition coefficient (Wildman–Crippen LogP) is 1.28. The van der Waals surface area contributed by atoms with Gasteiger partial charge in [0.15, 0.2) is 11.6 Å². The monoisotopic (exact) mass is 213 g/mol. The highest BCUT2D eigenvalue weighted by atomic mass is 19.1. The number of anilines is 1. The number of hydrogen-bond acceptors (Lipinski definition) is 3. The minimum Gasteiger partial charge on any atom is -0.381 e. The number of rotatable bonds is 1. The number of nitrogens with zero attached hydrogens (tertiary/aromatic N) is 2. The number of nitrogens with two attached hydrogens (primary N) is 1. The Morgan fingerprint density at radius 1 is 1.60 bits per heavy atom. The number of halogens is 1. The van der Waals surface area contributed by atoms with Crippen LogP contribution in [-0.4, -0.2) is 23.0 Å². The summed E-state index contributed by atoms with van der Waals surface area (Å²) in [5, 5.41) is 4.14. The second-order valence-corrected chi connectivity index (χ2v) is 4.16. The minimum atomic E-state index is -0.365. The summed E-state index contributed by atoms with van der Waals surface area (Å²) in [6.07, 6.45) is 0.814. The van der Waals surface area contributed by atoms with Crippen LogP contribution in [0, 0.1) is 11.7 Å². The predicted molar refractivity (Wildman–Crippen MR) is 54.9 cm³/mol. The summed E-state index contributed by atoms with van der Waals surface area (Å²) in [7, 11) is 1.66. The molecule has 0 spiro atoms. The van der Waals surface area contributed by atoms with Gasteiger partial charge in [0.2, 0.25) is 0 Å². The van der Waals surface area contributed by atoms with Gasteiger partial charge < -0.3 is 10.5 Å². The van der Waals surface area contributed by atoms with Crippen LogP contribution in [0.2, 0.25) is 0 Å². The van der Waals surface area contributed by atoms with Gasteiger partial charge in [0, 0.05) is 26.2 Å². The maximum atomic E-state index is 13.7. The third-order valence-corrected chi connectivity index (χ3v) is 3.05. The van der Waals surface area contributed by atoms with E-state index in [0.29, 0.717) is 24.8 Å². The zero-order valence-corrected chi connectivity index (χ0v) is 9.03. The van der Waals surface area contributed by atoms with Crippen LogP contribution < -0.4 is 5.73 Å². The number of aromatic nitrogens is 2. The van der Waals surface area contributed by atoms with Crippen molar-refractivity contribution in [3.63, 3.8) is 0 Å². The third kappa shape index (κ3) is 1.71. The molecule has 2 N–H and O–H groups in total. The van der Waals surface area contributed by atoms with E-state index in [9.17, 15) is 4.39 Å². The molecule has 2 rings (SSSR count). The topological polar surface area (TPSA) is 53.1 Å². The molecule has 0 aromatic carbocycles. The van der Waals surface area contributed by atoms with Crippen LogP contribution in [0.15, 0.2) is 0 Å². The van der Waals surface area contributed by atoms with E-state index in [1.165, 1.54) is 4.68 Å². The molecule has 1 aromatic heterocycles. The first-order valence-corrected chi connectivity index (χ1v) is 5.17. The molecule has 5 heteroatoms. The molecule has 0 aliphatic carbocycles. The fraction of sp³-hybridized carbons (Fsp3) is 0.700. The average molecular weight is 213 g/mol. The highest BCUT2D eigenvalue weighted by molar-refractivity contribution is 5.35. The maximum absolute atomic E-state index is 13.7. The molecule has 4 nitrogen and oxygen atoms in total. The van der Waals surface area contributed by atoms with Crippen molar-refractivity contribution >= 4 is 5.82 Å². The molecule has 0 radical (unpaired) electrons. The molecule has 1 aromatic rings. The summed E-state index contributed by atoms with van der Waals surface area (Å²) in [5.41, 5.74) is 6.04. The number of nitrogen functional groups attached to an aromatic ring is 1. The Morgan fingerprint density at radius 3 is 2.87 bits per heavy atom. The normalized spacial score (nSPS) is 26.9. The zero-order chi connectivity index (χ0) is 11.0. The quantitative estimate of drug-likeness (QED) is 0.764. The summed E-state index contributed by atoms with van der Waals surface area (Å²) in [6, 6.07) is 0. The molecule has 2 unspecified atom stereocenters. The van der Waals surface area contributed by atoms with E-state index >= 15 is 0 Å². The Bertz CT molecular complexity index is 364. The molecular weight excluding hydrogens is 197 g/mol. The molecule has 1 saturated heterocycles. The lowest BCUT2D eigenvalue weighted by atomic mass is 9.87. The fourth-order valence-electron chi connectivity index (χ4n) is 2.06. The first kappa shape index (κ1) is 10.4. The van der Waals surface area contributed by atoms with Gasteiger partial charge in [-0.2, -0.15) is 5.10 Å². The van der Waals surface area contributed by atoms with Crippen molar-refractivity contribution in [2.45, 2.75) is 19.3 Å². The molecule has 0 saturated carbocycles. The van der Waals surface area contributed by atoms with Gasteiger partial charge in [-0.15, -0.1) is 0 Å². The van der Waals surface area contributed by atoms with Crippen molar-refractivity contribution in [1.82, 2.24) is 9.78 Å². The lowest BCUT2D eigenvalue weighted by molar-refractivity contribution is 0.0454. The Balaban J connectivity index is 2.31. The van der Waals surface area contributed by atoms with Crippen LogP contribution in [0.3, 0.4) is 0 Å². The van der Waals surface area contributed by atoms with E-state index in [0.717, 1.165) is 6.42 Å². The smallest absolute Gasteiger partial charge is 0.188 e. The van der Waals surface area contributed by atoms with Gasteiger partial charge in [-0.25, -0.2) is 4.39 Å². The van der Waals surface area contributed by atoms with Crippen molar-refractivity contribution < 1.29 is 9.13 Å². The SMILES string of the molecule is CC1COCCC1c1nn(C)c(N)c1F. The number of ether oxygens (including phenoxy) is 1. The maximum Gasteiger partial charge on any atom is 0.188 e. The van der Waals surface area contributed by atoms with E-state index in [2.05, 4.69) is 5.10 Å². The van der Waals surface area contributed by atoms with E-state index in [4.69, 9.17) is 10.5 Å². The molecule has 2 atom stereocenters. The Kier molecular flexibility index (Phi) is 2.65. The molecule has 15 heavy (non-hydrogen) atoms. The second-order valence-electron chi connectivity index (χ2n) is 4.16. The third-order valence-electron chi connectivity index (χ3n) is 3.05. The zero-order valence-electron chi connectivity index (χ0n) is 9.03. The average Bonchev–Trinajstić information content (AvgIpc) is 2.47.